The lowest BCUT2D eigenvalue weighted by Gasteiger charge is -2.22. The normalized spacial score (nSPS) is 10.8. The van der Waals surface area contributed by atoms with Gasteiger partial charge in [-0.3, -0.25) is 10.8 Å². The second-order valence-electron chi connectivity index (χ2n) is 4.72. The van der Waals surface area contributed by atoms with Gasteiger partial charge in [-0.15, -0.1) is 0 Å². The molecule has 1 heterocycles. The first kappa shape index (κ1) is 13.6. The Balaban J connectivity index is 2.67. The molecule has 2 rings (SSSR count). The van der Waals surface area contributed by atoms with Gasteiger partial charge in [-0.05, 0) is 51.5 Å². The molecule has 1 aromatic heterocycles. The van der Waals surface area contributed by atoms with Gasteiger partial charge in [-0.2, -0.15) is 0 Å². The minimum Gasteiger partial charge on any atom is -0.372 e. The van der Waals surface area contributed by atoms with Crippen LogP contribution in [-0.2, 0) is 0 Å². The summed E-state index contributed by atoms with van der Waals surface area (Å²) >= 11 is 0. The first-order valence-electron chi connectivity index (χ1n) is 6.74. The highest BCUT2D eigenvalue weighted by molar-refractivity contribution is 5.95. The van der Waals surface area contributed by atoms with Crippen LogP contribution < -0.4 is 16.2 Å². The highest BCUT2D eigenvalue weighted by atomic mass is 15.2. The fourth-order valence-electron chi connectivity index (χ4n) is 2.44. The zero-order valence-electron chi connectivity index (χ0n) is 12.1. The summed E-state index contributed by atoms with van der Waals surface area (Å²) in [5.74, 6) is 5.69. The molecular formula is C15H22N4. The van der Waals surface area contributed by atoms with Crippen LogP contribution in [0.1, 0.15) is 25.1 Å². The maximum Gasteiger partial charge on any atom is 0.0728 e. The van der Waals surface area contributed by atoms with Crippen LogP contribution in [0.5, 0.6) is 0 Å². The van der Waals surface area contributed by atoms with E-state index in [-0.39, 0.29) is 0 Å². The maximum atomic E-state index is 5.69. The number of nitrogens with two attached hydrogens (primary N) is 1. The summed E-state index contributed by atoms with van der Waals surface area (Å²) in [4.78, 5) is 6.94. The Morgan fingerprint density at radius 1 is 1.21 bits per heavy atom. The predicted octanol–water partition coefficient (Wildman–Crippen LogP) is 2.98. The fourth-order valence-corrected chi connectivity index (χ4v) is 2.44. The standard InChI is InChI=1S/C15H22N4/c1-5-19(6-2)12-7-8-14-13(9-12)15(18-16)10(3)11(4)17-14/h7-9H,5-6,16H2,1-4H3,(H,17,18). The number of nitrogen functional groups attached to an aromatic ring is 1. The third-order valence-electron chi connectivity index (χ3n) is 3.73. The van der Waals surface area contributed by atoms with Crippen molar-refractivity contribution in [3.8, 4) is 0 Å². The topological polar surface area (TPSA) is 54.2 Å². The summed E-state index contributed by atoms with van der Waals surface area (Å²) in [7, 11) is 0. The van der Waals surface area contributed by atoms with E-state index in [1.54, 1.807) is 0 Å². The lowest BCUT2D eigenvalue weighted by Crippen LogP contribution is -2.21. The Morgan fingerprint density at radius 2 is 1.89 bits per heavy atom. The van der Waals surface area contributed by atoms with Crippen molar-refractivity contribution in [3.63, 3.8) is 0 Å². The Hall–Kier alpha value is -1.81. The number of hydrogen-bond acceptors (Lipinski definition) is 4. The number of benzene rings is 1. The Morgan fingerprint density at radius 3 is 2.47 bits per heavy atom. The van der Waals surface area contributed by atoms with Crippen LogP contribution in [0, 0.1) is 13.8 Å². The number of nitrogens with zero attached hydrogens (tertiary/aromatic N) is 2. The van der Waals surface area contributed by atoms with Gasteiger partial charge in [0.05, 0.1) is 11.2 Å². The van der Waals surface area contributed by atoms with Crippen molar-refractivity contribution >= 4 is 22.3 Å². The molecular weight excluding hydrogens is 236 g/mol. The summed E-state index contributed by atoms with van der Waals surface area (Å²) in [5.41, 5.74) is 8.09. The number of hydrazine groups is 1. The molecule has 0 aliphatic carbocycles. The molecule has 0 aliphatic heterocycles. The van der Waals surface area contributed by atoms with Gasteiger partial charge in [0.15, 0.2) is 0 Å². The monoisotopic (exact) mass is 258 g/mol. The lowest BCUT2D eigenvalue weighted by atomic mass is 10.1. The minimum atomic E-state index is 0.969. The highest BCUT2D eigenvalue weighted by Gasteiger charge is 2.10. The summed E-state index contributed by atoms with van der Waals surface area (Å²) in [6.45, 7) is 10.4. The Labute approximate surface area is 114 Å². The lowest BCUT2D eigenvalue weighted by molar-refractivity contribution is 0.867. The van der Waals surface area contributed by atoms with Crippen LogP contribution in [0.25, 0.3) is 10.9 Å². The van der Waals surface area contributed by atoms with Crippen LogP contribution in [0.4, 0.5) is 11.4 Å². The zero-order chi connectivity index (χ0) is 14.0. The second-order valence-corrected chi connectivity index (χ2v) is 4.72. The van der Waals surface area contributed by atoms with E-state index in [2.05, 4.69) is 47.4 Å². The molecule has 0 unspecified atom stereocenters. The van der Waals surface area contributed by atoms with E-state index in [1.807, 2.05) is 13.8 Å². The third-order valence-corrected chi connectivity index (χ3v) is 3.73. The summed E-state index contributed by atoms with van der Waals surface area (Å²) < 4.78 is 0. The third kappa shape index (κ3) is 2.36. The van der Waals surface area contributed by atoms with Gasteiger partial charge in [-0.25, -0.2) is 0 Å². The molecule has 19 heavy (non-hydrogen) atoms. The number of hydrogen-bond donors (Lipinski definition) is 2. The van der Waals surface area contributed by atoms with Crippen molar-refractivity contribution in [2.45, 2.75) is 27.7 Å². The quantitative estimate of drug-likeness (QED) is 0.654. The van der Waals surface area contributed by atoms with Crippen molar-refractivity contribution < 1.29 is 0 Å². The number of fused-ring (bicyclic) bond motifs is 1. The molecule has 0 saturated carbocycles. The van der Waals surface area contributed by atoms with E-state index in [4.69, 9.17) is 5.84 Å². The molecule has 102 valence electrons. The van der Waals surface area contributed by atoms with Crippen molar-refractivity contribution in [1.82, 2.24) is 4.98 Å². The summed E-state index contributed by atoms with van der Waals surface area (Å²) in [6, 6.07) is 6.35. The fraction of sp³-hybridized carbons (Fsp3) is 0.400. The van der Waals surface area contributed by atoms with E-state index in [9.17, 15) is 0 Å². The highest BCUT2D eigenvalue weighted by Crippen LogP contribution is 2.30. The van der Waals surface area contributed by atoms with Crippen LogP contribution >= 0.6 is 0 Å². The first-order valence-corrected chi connectivity index (χ1v) is 6.74. The molecule has 1 aromatic carbocycles. The number of pyridine rings is 1. The molecule has 0 fully saturated rings. The molecule has 0 amide bonds. The number of aromatic nitrogens is 1. The molecule has 0 atom stereocenters. The van der Waals surface area contributed by atoms with Crippen molar-refractivity contribution in [2.24, 2.45) is 5.84 Å². The molecule has 0 spiro atoms. The number of aryl methyl sites for hydroxylation is 1. The van der Waals surface area contributed by atoms with Gasteiger partial charge >= 0.3 is 0 Å². The van der Waals surface area contributed by atoms with Gasteiger partial charge in [0, 0.05) is 29.9 Å². The Kier molecular flexibility index (Phi) is 3.90. The van der Waals surface area contributed by atoms with Crippen LogP contribution in [0.3, 0.4) is 0 Å². The summed E-state index contributed by atoms with van der Waals surface area (Å²) in [5, 5.41) is 1.08. The molecule has 0 aliphatic rings. The van der Waals surface area contributed by atoms with Gasteiger partial charge in [0.1, 0.15) is 0 Å². The smallest absolute Gasteiger partial charge is 0.0728 e. The van der Waals surface area contributed by atoms with Crippen LogP contribution in [-0.4, -0.2) is 18.1 Å². The molecule has 0 saturated heterocycles. The molecule has 2 aromatic rings. The van der Waals surface area contributed by atoms with E-state index in [0.29, 0.717) is 0 Å². The molecule has 4 heteroatoms. The number of anilines is 2. The van der Waals surface area contributed by atoms with Crippen molar-refractivity contribution in [2.75, 3.05) is 23.4 Å². The molecule has 0 radical (unpaired) electrons. The van der Waals surface area contributed by atoms with Gasteiger partial charge < -0.3 is 10.3 Å². The van der Waals surface area contributed by atoms with Gasteiger partial charge in [0.2, 0.25) is 0 Å². The number of rotatable bonds is 4. The first-order chi connectivity index (χ1) is 9.12. The average molecular weight is 258 g/mol. The van der Waals surface area contributed by atoms with Gasteiger partial charge in [0.25, 0.3) is 0 Å². The van der Waals surface area contributed by atoms with Crippen molar-refractivity contribution in [1.29, 1.82) is 0 Å². The van der Waals surface area contributed by atoms with Gasteiger partial charge in [-0.1, -0.05) is 0 Å². The van der Waals surface area contributed by atoms with E-state index < -0.39 is 0 Å². The van der Waals surface area contributed by atoms with E-state index in [0.717, 1.165) is 40.9 Å². The largest absolute Gasteiger partial charge is 0.372 e. The van der Waals surface area contributed by atoms with Crippen LogP contribution in [0.15, 0.2) is 18.2 Å². The zero-order valence-corrected chi connectivity index (χ0v) is 12.1. The molecule has 4 nitrogen and oxygen atoms in total. The second kappa shape index (κ2) is 5.45. The maximum absolute atomic E-state index is 5.69. The van der Waals surface area contributed by atoms with Crippen LogP contribution in [0.2, 0.25) is 0 Å². The number of nitrogens with one attached hydrogen (secondary N) is 1. The SMILES string of the molecule is CCN(CC)c1ccc2nc(C)c(C)c(NN)c2c1. The Bertz CT molecular complexity index is 588. The average Bonchev–Trinajstić information content (AvgIpc) is 2.42. The predicted molar refractivity (Wildman–Crippen MR) is 82.6 cm³/mol. The minimum absolute atomic E-state index is 0.969. The van der Waals surface area contributed by atoms with E-state index >= 15 is 0 Å². The molecule has 3 N–H and O–H groups in total. The summed E-state index contributed by atoms with van der Waals surface area (Å²) in [6.07, 6.45) is 0. The molecule has 0 bridgehead atoms. The van der Waals surface area contributed by atoms with Crippen molar-refractivity contribution in [3.05, 3.63) is 29.5 Å². The van der Waals surface area contributed by atoms with E-state index in [1.165, 1.54) is 5.69 Å².